The van der Waals surface area contributed by atoms with Crippen molar-refractivity contribution >= 4 is 19.7 Å². The number of amides is 1. The van der Waals surface area contributed by atoms with Crippen LogP contribution in [-0.2, 0) is 27.9 Å². The molecule has 0 aliphatic heterocycles. The van der Waals surface area contributed by atoms with Crippen molar-refractivity contribution in [2.24, 2.45) is 0 Å². The van der Waals surface area contributed by atoms with Crippen LogP contribution in [0.1, 0.15) is 226 Å². The lowest BCUT2D eigenvalue weighted by Crippen LogP contribution is -2.47. The van der Waals surface area contributed by atoms with Crippen LogP contribution in [0.25, 0.3) is 0 Å². The van der Waals surface area contributed by atoms with Gasteiger partial charge in [0, 0.05) is 12.8 Å². The van der Waals surface area contributed by atoms with Crippen LogP contribution in [-0.4, -0.2) is 69.4 Å². The van der Waals surface area contributed by atoms with Gasteiger partial charge < -0.3 is 28.5 Å². The number of quaternary nitrogens is 1. The molecule has 0 saturated carbocycles. The number of esters is 1. The minimum absolute atomic E-state index is 0.0367. The van der Waals surface area contributed by atoms with E-state index in [1.54, 1.807) is 0 Å². The average molecular weight is 1010 g/mol. The summed E-state index contributed by atoms with van der Waals surface area (Å²) >= 11 is 0. The molecule has 10 heteroatoms. The molecule has 0 aliphatic carbocycles. The van der Waals surface area contributed by atoms with E-state index < -0.39 is 26.6 Å². The molecule has 0 aromatic heterocycles. The topological polar surface area (TPSA) is 114 Å². The lowest BCUT2D eigenvalue weighted by Gasteiger charge is -2.30. The molecule has 0 radical (unpaired) electrons. The molecule has 0 fully saturated rings. The van der Waals surface area contributed by atoms with Crippen LogP contribution in [0.2, 0.25) is 0 Å². The van der Waals surface area contributed by atoms with Crippen molar-refractivity contribution in [1.82, 2.24) is 5.32 Å². The summed E-state index contributed by atoms with van der Waals surface area (Å²) in [5, 5.41) is 2.99. The molecule has 0 heterocycles. The van der Waals surface area contributed by atoms with Crippen LogP contribution < -0.4 is 10.2 Å². The quantitative estimate of drug-likeness (QED) is 0.0161. The Morgan fingerprint density at radius 2 is 0.958 bits per heavy atom. The second kappa shape index (κ2) is 50.5. The molecular weight excluding hydrogens is 904 g/mol. The van der Waals surface area contributed by atoms with Crippen molar-refractivity contribution in [2.45, 2.75) is 238 Å². The number of hydrogen-bond donors (Lipinski definition) is 1. The Morgan fingerprint density at radius 1 is 0.521 bits per heavy atom. The van der Waals surface area contributed by atoms with E-state index in [1.807, 2.05) is 39.4 Å². The molecule has 0 saturated heterocycles. The summed E-state index contributed by atoms with van der Waals surface area (Å²) in [6, 6.07) is -0.917. The van der Waals surface area contributed by atoms with Crippen LogP contribution >= 0.6 is 7.82 Å². The van der Waals surface area contributed by atoms with E-state index in [4.69, 9.17) is 13.8 Å². The maximum Gasteiger partial charge on any atom is 0.306 e. The first kappa shape index (κ1) is 67.9. The molecule has 71 heavy (non-hydrogen) atoms. The number of carbonyl (C=O) groups is 2. The SMILES string of the molecule is CC/C=C/C=C/C=C\CCCCCCCC(=O)NC(COP(=O)([O-])OCC[N+](C)(C)C)C(/C=C\CCCCCCCCCCCCC)OC(=O)CCCCC/C=C\C/C=C\C/C=C\C/C=C\CCCCC. The van der Waals surface area contributed by atoms with Crippen molar-refractivity contribution in [2.75, 3.05) is 40.9 Å². The third-order valence-electron chi connectivity index (χ3n) is 12.1. The van der Waals surface area contributed by atoms with Crippen molar-refractivity contribution in [3.05, 3.63) is 97.2 Å². The van der Waals surface area contributed by atoms with Crippen LogP contribution in [0.4, 0.5) is 0 Å². The lowest BCUT2D eigenvalue weighted by atomic mass is 10.0. The molecule has 0 aromatic rings. The molecule has 0 rings (SSSR count). The van der Waals surface area contributed by atoms with Crippen LogP contribution in [0, 0.1) is 0 Å². The van der Waals surface area contributed by atoms with Gasteiger partial charge in [-0.2, -0.15) is 0 Å². The second-order valence-electron chi connectivity index (χ2n) is 20.1. The van der Waals surface area contributed by atoms with Crippen LogP contribution in [0.3, 0.4) is 0 Å². The molecule has 408 valence electrons. The van der Waals surface area contributed by atoms with Gasteiger partial charge in [-0.15, -0.1) is 0 Å². The Morgan fingerprint density at radius 3 is 1.51 bits per heavy atom. The number of rotatable bonds is 50. The summed E-state index contributed by atoms with van der Waals surface area (Å²) in [5.41, 5.74) is 0. The standard InChI is InChI=1S/C61H107N2O7P/c1-7-10-13-16-19-22-25-28-29-30-31-32-33-36-39-42-45-48-51-54-61(65)70-59(52-49-46-43-40-37-34-26-23-20-17-14-11-8-2)58(57-69-71(66,67)68-56-55-63(4,5)6)62-60(64)53-50-47-44-41-38-35-27-24-21-18-15-12-9-3/h12,15,18-19,21-22,24,27-29,31-32,36,39,49,52,58-59H,7-11,13-14,16-17,20,23,25-26,30,33-35,37-38,40-48,50-51,53-57H2,1-6H3,(H-,62,64,66,67)/b15-12+,21-18+,22-19-,27-24-,29-28-,32-31-,39-36-,52-49-. The smallest absolute Gasteiger partial charge is 0.306 e. The zero-order chi connectivity index (χ0) is 52.2. The lowest BCUT2D eigenvalue weighted by molar-refractivity contribution is -0.870. The average Bonchev–Trinajstić information content (AvgIpc) is 3.33. The normalized spacial score (nSPS) is 14.5. The van der Waals surface area contributed by atoms with Crippen molar-refractivity contribution in [3.63, 3.8) is 0 Å². The van der Waals surface area contributed by atoms with Crippen molar-refractivity contribution < 1.29 is 37.3 Å². The number of nitrogens with zero attached hydrogens (tertiary/aromatic N) is 1. The zero-order valence-corrected chi connectivity index (χ0v) is 47.3. The van der Waals surface area contributed by atoms with Crippen LogP contribution in [0.15, 0.2) is 97.2 Å². The van der Waals surface area contributed by atoms with Gasteiger partial charge in [-0.25, -0.2) is 0 Å². The van der Waals surface area contributed by atoms with Gasteiger partial charge in [0.2, 0.25) is 5.91 Å². The number of hydrogen-bond acceptors (Lipinski definition) is 7. The summed E-state index contributed by atoms with van der Waals surface area (Å²) in [6.45, 7) is 6.62. The Kier molecular flexibility index (Phi) is 48.3. The Hall–Kier alpha value is -3.07. The van der Waals surface area contributed by atoms with E-state index in [9.17, 15) is 19.0 Å². The van der Waals surface area contributed by atoms with E-state index in [2.05, 4.69) is 105 Å². The minimum Gasteiger partial charge on any atom is -0.756 e. The molecule has 1 N–H and O–H groups in total. The van der Waals surface area contributed by atoms with Gasteiger partial charge in [-0.05, 0) is 96.0 Å². The predicted octanol–water partition coefficient (Wildman–Crippen LogP) is 16.6. The van der Waals surface area contributed by atoms with E-state index in [0.717, 1.165) is 96.3 Å². The number of phosphoric acid groups is 1. The summed E-state index contributed by atoms with van der Waals surface area (Å²) in [6.07, 6.45) is 66.6. The number of allylic oxidation sites excluding steroid dienone is 15. The minimum atomic E-state index is -4.71. The summed E-state index contributed by atoms with van der Waals surface area (Å²) < 4.78 is 30.2. The second-order valence-corrected chi connectivity index (χ2v) is 21.5. The third-order valence-corrected chi connectivity index (χ3v) is 13.0. The van der Waals surface area contributed by atoms with Crippen molar-refractivity contribution in [1.29, 1.82) is 0 Å². The number of phosphoric ester groups is 1. The van der Waals surface area contributed by atoms with E-state index in [0.29, 0.717) is 23.9 Å². The van der Waals surface area contributed by atoms with Gasteiger partial charge in [-0.1, -0.05) is 215 Å². The molecule has 0 aliphatic rings. The Labute approximate surface area is 437 Å². The largest absolute Gasteiger partial charge is 0.756 e. The number of ether oxygens (including phenoxy) is 1. The molecule has 0 aromatic carbocycles. The van der Waals surface area contributed by atoms with Gasteiger partial charge in [-0.3, -0.25) is 14.2 Å². The van der Waals surface area contributed by atoms with Gasteiger partial charge in [0.15, 0.2) is 0 Å². The predicted molar refractivity (Wildman–Crippen MR) is 302 cm³/mol. The van der Waals surface area contributed by atoms with E-state index >= 15 is 0 Å². The van der Waals surface area contributed by atoms with E-state index in [1.165, 1.54) is 83.5 Å². The highest BCUT2D eigenvalue weighted by Gasteiger charge is 2.27. The first-order valence-electron chi connectivity index (χ1n) is 28.6. The number of nitrogens with one attached hydrogen (secondary N) is 1. The highest BCUT2D eigenvalue weighted by molar-refractivity contribution is 7.45. The van der Waals surface area contributed by atoms with Crippen LogP contribution in [0.5, 0.6) is 0 Å². The monoisotopic (exact) mass is 1010 g/mol. The van der Waals surface area contributed by atoms with Crippen molar-refractivity contribution in [3.8, 4) is 0 Å². The first-order valence-corrected chi connectivity index (χ1v) is 30.0. The Balaban J connectivity index is 5.45. The first-order chi connectivity index (χ1) is 34.4. The molecular formula is C61H107N2O7P. The summed E-state index contributed by atoms with van der Waals surface area (Å²) in [7, 11) is 1.14. The van der Waals surface area contributed by atoms with Gasteiger partial charge >= 0.3 is 5.97 Å². The molecule has 0 spiro atoms. The molecule has 3 unspecified atom stereocenters. The summed E-state index contributed by atoms with van der Waals surface area (Å²) in [4.78, 5) is 39.8. The fraction of sp³-hybridized carbons (Fsp3) is 0.705. The highest BCUT2D eigenvalue weighted by Crippen LogP contribution is 2.38. The van der Waals surface area contributed by atoms with Gasteiger partial charge in [0.05, 0.1) is 33.8 Å². The van der Waals surface area contributed by atoms with Gasteiger partial charge in [0.25, 0.3) is 7.82 Å². The van der Waals surface area contributed by atoms with E-state index in [-0.39, 0.29) is 31.3 Å². The molecule has 9 nitrogen and oxygen atoms in total. The fourth-order valence-electron chi connectivity index (χ4n) is 7.62. The highest BCUT2D eigenvalue weighted by atomic mass is 31.2. The molecule has 1 amide bonds. The molecule has 3 atom stereocenters. The third kappa shape index (κ3) is 51.6. The number of likely N-dealkylation sites (N-methyl/N-ethyl adjacent to an activating group) is 1. The zero-order valence-electron chi connectivity index (χ0n) is 46.4. The summed E-state index contributed by atoms with van der Waals surface area (Å²) in [5.74, 6) is -0.608. The molecule has 0 bridgehead atoms. The number of carbonyl (C=O) groups excluding carboxylic acids is 2. The fourth-order valence-corrected chi connectivity index (χ4v) is 8.34. The maximum absolute atomic E-state index is 13.5. The van der Waals surface area contributed by atoms with Gasteiger partial charge in [0.1, 0.15) is 19.3 Å². The maximum atomic E-state index is 13.5. The Bertz CT molecular complexity index is 1540. The number of unbranched alkanes of at least 4 members (excludes halogenated alkanes) is 22.